The van der Waals surface area contributed by atoms with Gasteiger partial charge < -0.3 is 0 Å². The fourth-order valence-corrected chi connectivity index (χ4v) is 1.68. The first-order chi connectivity index (χ1) is 8.58. The maximum atomic E-state index is 13.4. The highest BCUT2D eigenvalue weighted by molar-refractivity contribution is 5.97. The van der Waals surface area contributed by atoms with Crippen LogP contribution in [0.1, 0.15) is 21.5 Å². The van der Waals surface area contributed by atoms with E-state index in [-0.39, 0.29) is 17.8 Å². The number of hydrogen-bond donors (Lipinski definition) is 0. The molecule has 0 bridgehead atoms. The molecule has 0 aliphatic carbocycles. The molecule has 0 spiro atoms. The van der Waals surface area contributed by atoms with Crippen LogP contribution in [0.4, 0.5) is 8.78 Å². The number of rotatable bonds is 3. The number of Topliss-reactive ketones (excluding diaryl/α,β-unsaturated/α-hetero) is 1. The predicted octanol–water partition coefficient (Wildman–Crippen LogP) is 3.70. The largest absolute Gasteiger partial charge is 0.294 e. The molecule has 0 amide bonds. The number of hydrogen-bond acceptors (Lipinski definition) is 1. The van der Waals surface area contributed by atoms with Gasteiger partial charge in [-0.25, -0.2) is 8.78 Å². The summed E-state index contributed by atoms with van der Waals surface area (Å²) in [7, 11) is 0. The first-order valence-corrected chi connectivity index (χ1v) is 5.60. The Hall–Kier alpha value is -2.03. The number of benzene rings is 2. The van der Waals surface area contributed by atoms with E-state index >= 15 is 0 Å². The predicted molar refractivity (Wildman–Crippen MR) is 65.6 cm³/mol. The van der Waals surface area contributed by atoms with Crippen LogP contribution in [0.3, 0.4) is 0 Å². The molecule has 0 aliphatic rings. The van der Waals surface area contributed by atoms with Crippen molar-refractivity contribution in [3.8, 4) is 0 Å². The smallest absolute Gasteiger partial charge is 0.167 e. The zero-order chi connectivity index (χ0) is 13.1. The van der Waals surface area contributed by atoms with Crippen molar-refractivity contribution in [1.82, 2.24) is 0 Å². The maximum absolute atomic E-state index is 13.4. The van der Waals surface area contributed by atoms with Crippen molar-refractivity contribution in [3.63, 3.8) is 0 Å². The summed E-state index contributed by atoms with van der Waals surface area (Å²) in [6.07, 6.45) is -0.0603. The molecule has 18 heavy (non-hydrogen) atoms. The summed E-state index contributed by atoms with van der Waals surface area (Å²) >= 11 is 0. The Morgan fingerprint density at radius 1 is 1.06 bits per heavy atom. The number of halogens is 2. The van der Waals surface area contributed by atoms with Gasteiger partial charge in [0.05, 0.1) is 0 Å². The highest BCUT2D eigenvalue weighted by Crippen LogP contribution is 2.14. The van der Waals surface area contributed by atoms with Crippen LogP contribution in [0.25, 0.3) is 0 Å². The van der Waals surface area contributed by atoms with Gasteiger partial charge in [0.15, 0.2) is 5.78 Å². The Morgan fingerprint density at radius 2 is 1.78 bits per heavy atom. The van der Waals surface area contributed by atoms with Crippen molar-refractivity contribution in [3.05, 3.63) is 70.8 Å². The Morgan fingerprint density at radius 3 is 2.44 bits per heavy atom. The second-order valence-electron chi connectivity index (χ2n) is 4.16. The van der Waals surface area contributed by atoms with E-state index in [1.54, 1.807) is 37.3 Å². The normalized spacial score (nSPS) is 10.4. The van der Waals surface area contributed by atoms with E-state index in [1.165, 1.54) is 12.1 Å². The SMILES string of the molecule is Cc1ccc(C(=O)Cc2ccccc2F)cc1F. The van der Waals surface area contributed by atoms with E-state index in [2.05, 4.69) is 0 Å². The molecule has 1 nitrogen and oxygen atoms in total. The molecule has 0 unspecified atom stereocenters. The lowest BCUT2D eigenvalue weighted by atomic mass is 10.0. The standard InChI is InChI=1S/C15H12F2O/c1-10-6-7-12(8-14(10)17)15(18)9-11-4-2-3-5-13(11)16/h2-8H,9H2,1H3. The van der Waals surface area contributed by atoms with Gasteiger partial charge in [-0.1, -0.05) is 30.3 Å². The fraction of sp³-hybridized carbons (Fsp3) is 0.133. The molecule has 0 atom stereocenters. The number of carbonyl (C=O) groups is 1. The van der Waals surface area contributed by atoms with Crippen molar-refractivity contribution < 1.29 is 13.6 Å². The van der Waals surface area contributed by atoms with Crippen LogP contribution in [0.2, 0.25) is 0 Å². The van der Waals surface area contributed by atoms with Crippen LogP contribution in [-0.2, 0) is 6.42 Å². The second kappa shape index (κ2) is 5.08. The topological polar surface area (TPSA) is 17.1 Å². The fourth-order valence-electron chi connectivity index (χ4n) is 1.68. The molecule has 3 heteroatoms. The molecule has 2 aromatic rings. The Kier molecular flexibility index (Phi) is 3.51. The molecule has 0 aromatic heterocycles. The quantitative estimate of drug-likeness (QED) is 0.755. The first-order valence-electron chi connectivity index (χ1n) is 5.60. The molecule has 0 radical (unpaired) electrons. The molecular formula is C15H12F2O. The molecular weight excluding hydrogens is 234 g/mol. The van der Waals surface area contributed by atoms with Gasteiger partial charge in [-0.3, -0.25) is 4.79 Å². The Bertz CT molecular complexity index is 591. The summed E-state index contributed by atoms with van der Waals surface area (Å²) < 4.78 is 26.7. The van der Waals surface area contributed by atoms with Crippen molar-refractivity contribution >= 4 is 5.78 Å². The third-order valence-corrected chi connectivity index (χ3v) is 2.80. The molecule has 0 fully saturated rings. The molecule has 2 rings (SSSR count). The minimum Gasteiger partial charge on any atom is -0.294 e. The van der Waals surface area contributed by atoms with Crippen LogP contribution in [0, 0.1) is 18.6 Å². The average Bonchev–Trinajstić information content (AvgIpc) is 2.35. The van der Waals surface area contributed by atoms with E-state index in [9.17, 15) is 13.6 Å². The summed E-state index contributed by atoms with van der Waals surface area (Å²) in [5.41, 5.74) is 1.07. The van der Waals surface area contributed by atoms with Crippen LogP contribution < -0.4 is 0 Å². The van der Waals surface area contributed by atoms with E-state index in [4.69, 9.17) is 0 Å². The number of aryl methyl sites for hydroxylation is 1. The van der Waals surface area contributed by atoms with Gasteiger partial charge in [0.2, 0.25) is 0 Å². The van der Waals surface area contributed by atoms with Crippen LogP contribution >= 0.6 is 0 Å². The van der Waals surface area contributed by atoms with Gasteiger partial charge in [0.25, 0.3) is 0 Å². The molecule has 0 saturated carbocycles. The lowest BCUT2D eigenvalue weighted by Crippen LogP contribution is -2.05. The molecule has 92 valence electrons. The van der Waals surface area contributed by atoms with Crippen LogP contribution in [0.5, 0.6) is 0 Å². The lowest BCUT2D eigenvalue weighted by molar-refractivity contribution is 0.0991. The van der Waals surface area contributed by atoms with Gasteiger partial charge in [-0.2, -0.15) is 0 Å². The number of carbonyl (C=O) groups excluding carboxylic acids is 1. The summed E-state index contributed by atoms with van der Waals surface area (Å²) in [4.78, 5) is 11.9. The highest BCUT2D eigenvalue weighted by Gasteiger charge is 2.11. The van der Waals surface area contributed by atoms with Gasteiger partial charge in [-0.15, -0.1) is 0 Å². The molecule has 0 saturated heterocycles. The molecule has 0 N–H and O–H groups in total. The first kappa shape index (κ1) is 12.4. The molecule has 0 heterocycles. The maximum Gasteiger partial charge on any atom is 0.167 e. The Labute approximate surface area is 104 Å². The second-order valence-corrected chi connectivity index (χ2v) is 4.16. The monoisotopic (exact) mass is 246 g/mol. The zero-order valence-electron chi connectivity index (χ0n) is 9.91. The van der Waals surface area contributed by atoms with E-state index in [0.717, 1.165) is 0 Å². The summed E-state index contributed by atoms with van der Waals surface area (Å²) in [6, 6.07) is 10.4. The van der Waals surface area contributed by atoms with Crippen molar-refractivity contribution in [2.75, 3.05) is 0 Å². The van der Waals surface area contributed by atoms with Gasteiger partial charge >= 0.3 is 0 Å². The van der Waals surface area contributed by atoms with Crippen molar-refractivity contribution in [1.29, 1.82) is 0 Å². The lowest BCUT2D eigenvalue weighted by Gasteiger charge is -2.04. The van der Waals surface area contributed by atoms with E-state index in [0.29, 0.717) is 11.1 Å². The number of ketones is 1. The summed E-state index contributed by atoms with van der Waals surface area (Å²) in [5, 5.41) is 0. The van der Waals surface area contributed by atoms with Crippen LogP contribution in [0.15, 0.2) is 42.5 Å². The minimum absolute atomic E-state index is 0.0603. The van der Waals surface area contributed by atoms with Gasteiger partial charge in [-0.05, 0) is 30.2 Å². The summed E-state index contributed by atoms with van der Waals surface area (Å²) in [6.45, 7) is 1.63. The van der Waals surface area contributed by atoms with Gasteiger partial charge in [0.1, 0.15) is 11.6 Å². The molecule has 2 aromatic carbocycles. The van der Waals surface area contributed by atoms with Gasteiger partial charge in [0, 0.05) is 12.0 Å². The van der Waals surface area contributed by atoms with Crippen molar-refractivity contribution in [2.24, 2.45) is 0 Å². The highest BCUT2D eigenvalue weighted by atomic mass is 19.1. The van der Waals surface area contributed by atoms with Crippen molar-refractivity contribution in [2.45, 2.75) is 13.3 Å². The summed E-state index contributed by atoms with van der Waals surface area (Å²) in [5.74, 6) is -1.13. The third kappa shape index (κ3) is 2.62. The van der Waals surface area contributed by atoms with E-state index < -0.39 is 11.6 Å². The minimum atomic E-state index is -0.422. The zero-order valence-corrected chi connectivity index (χ0v) is 9.91. The molecule has 0 aliphatic heterocycles. The third-order valence-electron chi connectivity index (χ3n) is 2.80. The van der Waals surface area contributed by atoms with E-state index in [1.807, 2.05) is 0 Å². The average molecular weight is 246 g/mol. The van der Waals surface area contributed by atoms with Crippen LogP contribution in [-0.4, -0.2) is 5.78 Å². The Balaban J connectivity index is 2.22.